The van der Waals surface area contributed by atoms with Crippen LogP contribution in [0.2, 0.25) is 0 Å². The maximum absolute atomic E-state index is 9.39. The lowest BCUT2D eigenvalue weighted by atomic mass is 9.68. The molecule has 4 bridgehead atoms. The lowest BCUT2D eigenvalue weighted by molar-refractivity contribution is 0.129. The number of rotatable bonds is 5. The molecule has 4 saturated carbocycles. The smallest absolute Gasteiger partial charge is 0.0875 e. The second kappa shape index (κ2) is 4.42. The molecule has 0 spiro atoms. The van der Waals surface area contributed by atoms with Gasteiger partial charge in [-0.1, -0.05) is 13.8 Å². The van der Waals surface area contributed by atoms with E-state index >= 15 is 0 Å². The summed E-state index contributed by atoms with van der Waals surface area (Å²) in [7, 11) is 0. The van der Waals surface area contributed by atoms with Gasteiger partial charge in [0.1, 0.15) is 0 Å². The predicted octanol–water partition coefficient (Wildman–Crippen LogP) is 3.04. The molecule has 4 aliphatic carbocycles. The summed E-state index contributed by atoms with van der Waals surface area (Å²) in [4.78, 5) is 0. The number of fused-ring (bicyclic) bond motifs is 12. The molecule has 118 valence electrons. The topological polar surface area (TPSA) is 32.8 Å². The highest BCUT2D eigenvalue weighted by Gasteiger charge is 2.73. The van der Waals surface area contributed by atoms with Gasteiger partial charge in [-0.05, 0) is 71.9 Å². The SMILES string of the molecule is CC(C)(CO)CSCC1CC2CC1C1C3CC(C4OC34)C21. The van der Waals surface area contributed by atoms with Crippen LogP contribution < -0.4 is 0 Å². The van der Waals surface area contributed by atoms with E-state index in [2.05, 4.69) is 25.6 Å². The van der Waals surface area contributed by atoms with Gasteiger partial charge >= 0.3 is 0 Å². The van der Waals surface area contributed by atoms with Gasteiger partial charge in [0.15, 0.2) is 0 Å². The highest BCUT2D eigenvalue weighted by atomic mass is 32.2. The molecule has 5 aliphatic rings. The van der Waals surface area contributed by atoms with Gasteiger partial charge in [0.25, 0.3) is 0 Å². The van der Waals surface area contributed by atoms with Crippen LogP contribution >= 0.6 is 11.8 Å². The fraction of sp³-hybridized carbons (Fsp3) is 1.00. The summed E-state index contributed by atoms with van der Waals surface area (Å²) < 4.78 is 5.94. The molecule has 1 heterocycles. The van der Waals surface area contributed by atoms with Gasteiger partial charge in [0.2, 0.25) is 0 Å². The second-order valence-electron chi connectivity index (χ2n) is 9.28. The number of aliphatic hydroxyl groups is 1. The quantitative estimate of drug-likeness (QED) is 0.626. The van der Waals surface area contributed by atoms with E-state index in [9.17, 15) is 5.11 Å². The van der Waals surface area contributed by atoms with Gasteiger partial charge < -0.3 is 9.84 Å². The summed E-state index contributed by atoms with van der Waals surface area (Å²) in [5.74, 6) is 9.45. The maximum atomic E-state index is 9.39. The fourth-order valence-corrected chi connectivity index (χ4v) is 8.16. The molecule has 0 radical (unpaired) electrons. The zero-order chi connectivity index (χ0) is 14.4. The molecule has 0 aromatic rings. The summed E-state index contributed by atoms with van der Waals surface area (Å²) in [5.41, 5.74) is 0.0896. The molecule has 9 unspecified atom stereocenters. The molecule has 1 saturated heterocycles. The van der Waals surface area contributed by atoms with E-state index in [0.717, 1.165) is 47.2 Å². The van der Waals surface area contributed by atoms with Crippen LogP contribution in [0.1, 0.15) is 33.1 Å². The summed E-state index contributed by atoms with van der Waals surface area (Å²) in [6.07, 6.45) is 5.94. The van der Waals surface area contributed by atoms with E-state index < -0.39 is 0 Å². The molecule has 0 aromatic carbocycles. The highest BCUT2D eigenvalue weighted by molar-refractivity contribution is 7.99. The van der Waals surface area contributed by atoms with Gasteiger partial charge in [-0.25, -0.2) is 0 Å². The molecule has 3 heteroatoms. The van der Waals surface area contributed by atoms with Crippen LogP contribution in [0, 0.1) is 46.8 Å². The Morgan fingerprint density at radius 3 is 2.57 bits per heavy atom. The minimum Gasteiger partial charge on any atom is -0.396 e. The Morgan fingerprint density at radius 2 is 1.81 bits per heavy atom. The summed E-state index contributed by atoms with van der Waals surface area (Å²) in [6, 6.07) is 0. The number of hydrogen-bond donors (Lipinski definition) is 1. The van der Waals surface area contributed by atoms with Crippen LogP contribution in [-0.4, -0.2) is 35.4 Å². The van der Waals surface area contributed by atoms with Crippen molar-refractivity contribution in [1.82, 2.24) is 0 Å². The molecular weight excluding hydrogens is 280 g/mol. The molecule has 9 atom stereocenters. The van der Waals surface area contributed by atoms with Crippen LogP contribution in [0.15, 0.2) is 0 Å². The molecule has 2 nitrogen and oxygen atoms in total. The van der Waals surface area contributed by atoms with Crippen molar-refractivity contribution < 1.29 is 9.84 Å². The number of thioether (sulfide) groups is 1. The van der Waals surface area contributed by atoms with Crippen molar-refractivity contribution in [2.45, 2.75) is 45.3 Å². The van der Waals surface area contributed by atoms with Crippen molar-refractivity contribution in [2.24, 2.45) is 46.8 Å². The Bertz CT molecular complexity index is 450. The molecule has 21 heavy (non-hydrogen) atoms. The summed E-state index contributed by atoms with van der Waals surface area (Å²) in [6.45, 7) is 4.67. The monoisotopic (exact) mass is 308 g/mol. The number of aliphatic hydroxyl groups excluding tert-OH is 1. The number of ether oxygens (including phenoxy) is 1. The first-order chi connectivity index (χ1) is 10.1. The van der Waals surface area contributed by atoms with Crippen molar-refractivity contribution in [2.75, 3.05) is 18.1 Å². The minimum absolute atomic E-state index is 0.0896. The average Bonchev–Trinajstić information content (AvgIpc) is 2.81. The Morgan fingerprint density at radius 1 is 1.05 bits per heavy atom. The Kier molecular flexibility index (Phi) is 2.88. The highest BCUT2D eigenvalue weighted by Crippen LogP contribution is 2.73. The lowest BCUT2D eigenvalue weighted by Gasteiger charge is -2.37. The maximum Gasteiger partial charge on any atom is 0.0875 e. The third-order valence-electron chi connectivity index (χ3n) is 7.46. The Hall–Kier alpha value is 0.270. The van der Waals surface area contributed by atoms with Crippen LogP contribution in [0.3, 0.4) is 0 Å². The predicted molar refractivity (Wildman–Crippen MR) is 85.1 cm³/mol. The van der Waals surface area contributed by atoms with Crippen LogP contribution in [-0.2, 0) is 4.74 Å². The molecule has 0 amide bonds. The third-order valence-corrected chi connectivity index (χ3v) is 9.11. The van der Waals surface area contributed by atoms with Crippen molar-refractivity contribution in [3.8, 4) is 0 Å². The Balaban J connectivity index is 1.23. The standard InChI is InChI=1S/C18H28O2S/c1-18(2,7-19)8-21-6-10-3-9-4-11(10)15-13-5-12(14(9)15)16-17(13)20-16/h9-17,19H,3-8H2,1-2H3. The van der Waals surface area contributed by atoms with Crippen LogP contribution in [0.25, 0.3) is 0 Å². The van der Waals surface area contributed by atoms with Crippen LogP contribution in [0.4, 0.5) is 0 Å². The molecule has 1 aliphatic heterocycles. The molecular formula is C18H28O2S. The first kappa shape index (κ1) is 13.7. The van der Waals surface area contributed by atoms with Crippen molar-refractivity contribution >= 4 is 11.8 Å². The van der Waals surface area contributed by atoms with E-state index in [1.807, 2.05) is 0 Å². The largest absolute Gasteiger partial charge is 0.396 e. The van der Waals surface area contributed by atoms with E-state index in [-0.39, 0.29) is 5.41 Å². The van der Waals surface area contributed by atoms with Gasteiger partial charge in [0, 0.05) is 12.4 Å². The first-order valence-electron chi connectivity index (χ1n) is 8.93. The minimum atomic E-state index is 0.0896. The van der Waals surface area contributed by atoms with E-state index in [1.54, 1.807) is 0 Å². The normalized spacial score (nSPS) is 55.9. The van der Waals surface area contributed by atoms with Crippen LogP contribution in [0.5, 0.6) is 0 Å². The average molecular weight is 308 g/mol. The van der Waals surface area contributed by atoms with Gasteiger partial charge in [-0.3, -0.25) is 0 Å². The van der Waals surface area contributed by atoms with Crippen molar-refractivity contribution in [1.29, 1.82) is 0 Å². The molecule has 5 rings (SSSR count). The van der Waals surface area contributed by atoms with Gasteiger partial charge in [-0.2, -0.15) is 11.8 Å². The molecule has 0 aromatic heterocycles. The van der Waals surface area contributed by atoms with E-state index in [4.69, 9.17) is 4.74 Å². The fourth-order valence-electron chi connectivity index (χ4n) is 6.71. The first-order valence-corrected chi connectivity index (χ1v) is 10.1. The summed E-state index contributed by atoms with van der Waals surface area (Å²) >= 11 is 2.10. The van der Waals surface area contributed by atoms with E-state index in [1.165, 1.54) is 25.0 Å². The van der Waals surface area contributed by atoms with Crippen molar-refractivity contribution in [3.63, 3.8) is 0 Å². The molecule has 1 N–H and O–H groups in total. The number of epoxide rings is 1. The molecule has 5 fully saturated rings. The zero-order valence-corrected chi connectivity index (χ0v) is 14.0. The zero-order valence-electron chi connectivity index (χ0n) is 13.2. The third kappa shape index (κ3) is 1.86. The number of hydrogen-bond acceptors (Lipinski definition) is 3. The lowest BCUT2D eigenvalue weighted by Crippen LogP contribution is -2.36. The summed E-state index contributed by atoms with van der Waals surface area (Å²) in [5, 5.41) is 9.39. The second-order valence-corrected chi connectivity index (χ2v) is 10.3. The van der Waals surface area contributed by atoms with Gasteiger partial charge in [-0.15, -0.1) is 0 Å². The van der Waals surface area contributed by atoms with E-state index in [0.29, 0.717) is 18.8 Å². The van der Waals surface area contributed by atoms with Gasteiger partial charge in [0.05, 0.1) is 12.2 Å². The Labute approximate surface area is 132 Å². The van der Waals surface area contributed by atoms with Crippen molar-refractivity contribution in [3.05, 3.63) is 0 Å².